The van der Waals surface area contributed by atoms with Crippen LogP contribution in [-0.2, 0) is 6.18 Å². The fourth-order valence-electron chi connectivity index (χ4n) is 1.19. The Hall–Kier alpha value is -0.990. The molecule has 0 amide bonds. The van der Waals surface area contributed by atoms with Crippen LogP contribution in [0.15, 0.2) is 28.2 Å². The molecule has 0 spiro atoms. The molecule has 0 N–H and O–H groups in total. The summed E-state index contributed by atoms with van der Waals surface area (Å²) in [5.74, 6) is 0. The van der Waals surface area contributed by atoms with Gasteiger partial charge in [-0.15, -0.1) is 0 Å². The summed E-state index contributed by atoms with van der Waals surface area (Å²) >= 11 is 8.73. The van der Waals surface area contributed by atoms with Crippen molar-refractivity contribution >= 4 is 32.6 Å². The van der Waals surface area contributed by atoms with Gasteiger partial charge in [0.05, 0.1) is 16.7 Å². The van der Waals surface area contributed by atoms with E-state index in [0.29, 0.717) is 4.47 Å². The highest BCUT2D eigenvalue weighted by Gasteiger charge is 2.34. The minimum atomic E-state index is -4.52. The van der Waals surface area contributed by atoms with Crippen LogP contribution in [0, 0.1) is 11.3 Å². The normalized spacial score (nSPS) is 13.0. The monoisotopic (exact) mass is 323 g/mol. The average molecular weight is 325 g/mol. The lowest BCUT2D eigenvalue weighted by atomic mass is 10.0. The molecule has 0 heterocycles. The third kappa shape index (κ3) is 3.24. The van der Waals surface area contributed by atoms with Gasteiger partial charge in [-0.2, -0.15) is 18.4 Å². The molecule has 0 saturated heterocycles. The maximum atomic E-state index is 12.8. The Morgan fingerprint density at radius 1 is 1.41 bits per heavy atom. The lowest BCUT2D eigenvalue weighted by molar-refractivity contribution is -0.137. The van der Waals surface area contributed by atoms with Crippen LogP contribution in [0.5, 0.6) is 0 Å². The van der Waals surface area contributed by atoms with Crippen LogP contribution in [0.4, 0.5) is 13.2 Å². The van der Waals surface area contributed by atoms with Crippen molar-refractivity contribution in [2.75, 3.05) is 0 Å². The highest BCUT2D eigenvalue weighted by atomic mass is 79.9. The maximum absolute atomic E-state index is 12.8. The van der Waals surface area contributed by atoms with E-state index < -0.39 is 11.7 Å². The largest absolute Gasteiger partial charge is 0.417 e. The van der Waals surface area contributed by atoms with Gasteiger partial charge in [0.15, 0.2) is 0 Å². The van der Waals surface area contributed by atoms with Gasteiger partial charge in [0, 0.05) is 15.6 Å². The van der Waals surface area contributed by atoms with Gasteiger partial charge in [0.25, 0.3) is 0 Å². The van der Waals surface area contributed by atoms with Crippen LogP contribution in [0.3, 0.4) is 0 Å². The Bertz CT molecular complexity index is 514. The van der Waals surface area contributed by atoms with Crippen molar-refractivity contribution in [1.29, 1.82) is 5.26 Å². The zero-order chi connectivity index (χ0) is 13.2. The molecule has 17 heavy (non-hydrogen) atoms. The number of rotatable bonds is 1. The van der Waals surface area contributed by atoms with E-state index >= 15 is 0 Å². The first-order chi connectivity index (χ1) is 7.77. The molecule has 0 bridgehead atoms. The second kappa shape index (κ2) is 5.11. The average Bonchev–Trinajstić information content (AvgIpc) is 2.25. The predicted molar refractivity (Wildman–Crippen MR) is 63.2 cm³/mol. The summed E-state index contributed by atoms with van der Waals surface area (Å²) in [6.07, 6.45) is -4.52. The van der Waals surface area contributed by atoms with Crippen LogP contribution in [-0.4, -0.2) is 0 Å². The Balaban J connectivity index is 3.52. The Labute approximate surface area is 110 Å². The third-order valence-corrected chi connectivity index (χ3v) is 3.00. The number of hydrogen-bond donors (Lipinski definition) is 0. The lowest BCUT2D eigenvalue weighted by Crippen LogP contribution is -2.08. The minimum Gasteiger partial charge on any atom is -0.193 e. The van der Waals surface area contributed by atoms with Crippen molar-refractivity contribution < 1.29 is 13.2 Å². The summed E-state index contributed by atoms with van der Waals surface area (Å²) in [5, 5.41) is 8.44. The summed E-state index contributed by atoms with van der Waals surface area (Å²) in [6, 6.07) is 5.33. The van der Waals surface area contributed by atoms with Crippen LogP contribution < -0.4 is 0 Å². The fourth-order valence-corrected chi connectivity index (χ4v) is 1.76. The van der Waals surface area contributed by atoms with E-state index in [2.05, 4.69) is 15.9 Å². The molecule has 1 nitrogen and oxygen atoms in total. The van der Waals surface area contributed by atoms with Gasteiger partial charge in [0.2, 0.25) is 0 Å². The van der Waals surface area contributed by atoms with Gasteiger partial charge >= 0.3 is 6.18 Å². The number of allylic oxidation sites excluding steroid dienone is 1. The number of nitriles is 1. The van der Waals surface area contributed by atoms with E-state index in [-0.39, 0.29) is 16.2 Å². The van der Waals surface area contributed by atoms with Crippen LogP contribution in [0.2, 0.25) is 0 Å². The minimum absolute atomic E-state index is 0.0412. The van der Waals surface area contributed by atoms with E-state index in [9.17, 15) is 13.2 Å². The molecule has 0 radical (unpaired) electrons. The van der Waals surface area contributed by atoms with Gasteiger partial charge in [-0.05, 0) is 19.1 Å². The molecule has 1 aromatic rings. The van der Waals surface area contributed by atoms with Crippen LogP contribution in [0.25, 0.3) is 5.03 Å². The molecule has 0 atom stereocenters. The molecule has 0 aliphatic carbocycles. The van der Waals surface area contributed by atoms with Gasteiger partial charge in [0.1, 0.15) is 0 Å². The van der Waals surface area contributed by atoms with E-state index in [0.717, 1.165) is 6.07 Å². The first kappa shape index (κ1) is 14.1. The molecule has 0 unspecified atom stereocenters. The quantitative estimate of drug-likeness (QED) is 0.670. The molecule has 6 heteroatoms. The molecule has 0 fully saturated rings. The van der Waals surface area contributed by atoms with E-state index in [1.54, 1.807) is 6.07 Å². The Morgan fingerprint density at radius 3 is 2.47 bits per heavy atom. The van der Waals surface area contributed by atoms with E-state index in [1.807, 2.05) is 0 Å². The number of alkyl halides is 3. The summed E-state index contributed by atoms with van der Waals surface area (Å²) < 4.78 is 38.6. The number of halogens is 5. The second-order valence-electron chi connectivity index (χ2n) is 3.24. The van der Waals surface area contributed by atoms with E-state index in [4.69, 9.17) is 16.9 Å². The molecule has 0 aromatic heterocycles. The highest BCUT2D eigenvalue weighted by molar-refractivity contribution is 9.10. The molecule has 90 valence electrons. The van der Waals surface area contributed by atoms with Gasteiger partial charge in [-0.3, -0.25) is 0 Å². The third-order valence-electron chi connectivity index (χ3n) is 2.02. The zero-order valence-electron chi connectivity index (χ0n) is 8.57. The van der Waals surface area contributed by atoms with Crippen molar-refractivity contribution in [3.05, 3.63) is 39.4 Å². The summed E-state index contributed by atoms with van der Waals surface area (Å²) in [7, 11) is 0. The summed E-state index contributed by atoms with van der Waals surface area (Å²) in [4.78, 5) is 0. The topological polar surface area (TPSA) is 23.8 Å². The van der Waals surface area contributed by atoms with Gasteiger partial charge in [-0.25, -0.2) is 0 Å². The first-order valence-electron chi connectivity index (χ1n) is 4.41. The van der Waals surface area contributed by atoms with E-state index in [1.165, 1.54) is 19.1 Å². The fraction of sp³-hybridized carbons (Fsp3) is 0.182. The zero-order valence-corrected chi connectivity index (χ0v) is 10.9. The standard InChI is InChI=1S/C11H6BrClF3N/c1-6(5-17)10(13)8-3-2-7(12)4-9(8)11(14,15)16/h2-4H,1H3/b10-6-. The van der Waals surface area contributed by atoms with Crippen molar-refractivity contribution in [3.63, 3.8) is 0 Å². The van der Waals surface area contributed by atoms with Crippen molar-refractivity contribution in [2.45, 2.75) is 13.1 Å². The maximum Gasteiger partial charge on any atom is 0.417 e. The molecule has 0 aliphatic rings. The molecule has 1 aromatic carbocycles. The summed E-state index contributed by atoms with van der Waals surface area (Å²) in [6.45, 7) is 1.37. The molecular formula is C11H6BrClF3N. The van der Waals surface area contributed by atoms with Crippen molar-refractivity contribution in [2.24, 2.45) is 0 Å². The lowest BCUT2D eigenvalue weighted by Gasteiger charge is -2.13. The SMILES string of the molecule is C/C(C#N)=C(/Cl)c1ccc(Br)cc1C(F)(F)F. The Kier molecular flexibility index (Phi) is 4.23. The molecule has 1 rings (SSSR count). The highest BCUT2D eigenvalue weighted by Crippen LogP contribution is 2.38. The van der Waals surface area contributed by atoms with Crippen LogP contribution >= 0.6 is 27.5 Å². The molecular weight excluding hydrogens is 318 g/mol. The number of nitrogens with zero attached hydrogens (tertiary/aromatic N) is 1. The van der Waals surface area contributed by atoms with Gasteiger partial charge < -0.3 is 0 Å². The van der Waals surface area contributed by atoms with Crippen molar-refractivity contribution in [3.8, 4) is 6.07 Å². The van der Waals surface area contributed by atoms with Crippen molar-refractivity contribution in [1.82, 2.24) is 0 Å². The van der Waals surface area contributed by atoms with Crippen LogP contribution in [0.1, 0.15) is 18.1 Å². The predicted octanol–water partition coefficient (Wildman–Crippen LogP) is 4.96. The number of benzene rings is 1. The smallest absolute Gasteiger partial charge is 0.193 e. The first-order valence-corrected chi connectivity index (χ1v) is 5.58. The summed E-state index contributed by atoms with van der Waals surface area (Å²) in [5.41, 5.74) is -1.02. The second-order valence-corrected chi connectivity index (χ2v) is 4.53. The molecule has 0 aliphatic heterocycles. The molecule has 0 saturated carbocycles. The van der Waals surface area contributed by atoms with Gasteiger partial charge in [-0.1, -0.05) is 33.6 Å². The Morgan fingerprint density at radius 2 is 2.00 bits per heavy atom. The number of hydrogen-bond acceptors (Lipinski definition) is 1.